The van der Waals surface area contributed by atoms with E-state index < -0.39 is 5.97 Å². The summed E-state index contributed by atoms with van der Waals surface area (Å²) in [7, 11) is 3.04. The molecule has 3 aromatic heterocycles. The molecule has 9 nitrogen and oxygen atoms in total. The Bertz CT molecular complexity index is 1350. The Morgan fingerprint density at radius 2 is 2.06 bits per heavy atom. The van der Waals surface area contributed by atoms with Crippen LogP contribution in [0.1, 0.15) is 21.6 Å². The summed E-state index contributed by atoms with van der Waals surface area (Å²) < 4.78 is 26.4. The number of esters is 1. The van der Waals surface area contributed by atoms with E-state index >= 15 is 0 Å². The smallest absolute Gasteiger partial charge is 0.358 e. The fourth-order valence-electron chi connectivity index (χ4n) is 3.94. The number of methoxy groups -OCH3 is 1. The molecule has 1 aliphatic heterocycles. The average Bonchev–Trinajstić information content (AvgIpc) is 3.44. The van der Waals surface area contributed by atoms with Gasteiger partial charge in [-0.3, -0.25) is 4.68 Å². The van der Waals surface area contributed by atoms with Gasteiger partial charge in [-0.15, -0.1) is 0 Å². The predicted octanol–water partition coefficient (Wildman–Crippen LogP) is 2.90. The number of nitrogens with one attached hydrogen (secondary N) is 1. The van der Waals surface area contributed by atoms with Gasteiger partial charge in [-0.05, 0) is 18.2 Å². The van der Waals surface area contributed by atoms with E-state index in [1.54, 1.807) is 42.5 Å². The molecule has 10 heteroatoms. The van der Waals surface area contributed by atoms with E-state index in [1.807, 2.05) is 0 Å². The third-order valence-electron chi connectivity index (χ3n) is 5.52. The van der Waals surface area contributed by atoms with E-state index in [9.17, 15) is 9.18 Å². The van der Waals surface area contributed by atoms with Gasteiger partial charge in [-0.25, -0.2) is 14.2 Å². The molecule has 0 atom stereocenters. The first-order valence-electron chi connectivity index (χ1n) is 9.96. The third-order valence-corrected chi connectivity index (χ3v) is 5.52. The summed E-state index contributed by atoms with van der Waals surface area (Å²) in [5.41, 5.74) is 3.04. The highest BCUT2D eigenvalue weighted by Crippen LogP contribution is 2.33. The molecule has 0 aliphatic carbocycles. The summed E-state index contributed by atoms with van der Waals surface area (Å²) in [4.78, 5) is 16.4. The molecule has 32 heavy (non-hydrogen) atoms. The van der Waals surface area contributed by atoms with Crippen molar-refractivity contribution in [2.75, 3.05) is 19.0 Å². The number of hydrogen-bond acceptors (Lipinski definition) is 8. The molecule has 0 saturated heterocycles. The normalized spacial score (nSPS) is 12.5. The van der Waals surface area contributed by atoms with Gasteiger partial charge in [0.1, 0.15) is 17.4 Å². The van der Waals surface area contributed by atoms with E-state index in [2.05, 4.69) is 25.6 Å². The first-order valence-corrected chi connectivity index (χ1v) is 9.96. The minimum atomic E-state index is -0.524. The van der Waals surface area contributed by atoms with Crippen LogP contribution in [0.2, 0.25) is 0 Å². The van der Waals surface area contributed by atoms with Crippen molar-refractivity contribution in [1.29, 1.82) is 0 Å². The van der Waals surface area contributed by atoms with Crippen LogP contribution in [0.5, 0.6) is 5.75 Å². The monoisotopic (exact) mass is 434 g/mol. The molecule has 0 fully saturated rings. The molecular weight excluding hydrogens is 415 g/mol. The van der Waals surface area contributed by atoms with Crippen molar-refractivity contribution in [1.82, 2.24) is 25.0 Å². The van der Waals surface area contributed by atoms with Crippen molar-refractivity contribution in [2.24, 2.45) is 7.05 Å². The zero-order valence-electron chi connectivity index (χ0n) is 17.4. The van der Waals surface area contributed by atoms with Crippen molar-refractivity contribution in [3.05, 3.63) is 59.4 Å². The molecule has 0 unspecified atom stereocenters. The van der Waals surface area contributed by atoms with Gasteiger partial charge in [0.15, 0.2) is 5.69 Å². The molecule has 4 aromatic rings. The Labute approximate surface area is 182 Å². The molecule has 5 rings (SSSR count). The summed E-state index contributed by atoms with van der Waals surface area (Å²) in [6, 6.07) is 4.72. The zero-order valence-corrected chi connectivity index (χ0v) is 17.4. The molecule has 0 spiro atoms. The van der Waals surface area contributed by atoms with Crippen molar-refractivity contribution >= 4 is 22.6 Å². The van der Waals surface area contributed by atoms with Gasteiger partial charge in [0.05, 0.1) is 31.8 Å². The third kappa shape index (κ3) is 3.29. The molecule has 1 aliphatic rings. The summed E-state index contributed by atoms with van der Waals surface area (Å²) in [6.07, 6.45) is 5.56. The van der Waals surface area contributed by atoms with Crippen LogP contribution in [0, 0.1) is 5.82 Å². The second-order valence-electron chi connectivity index (χ2n) is 7.32. The van der Waals surface area contributed by atoms with Crippen LogP contribution in [-0.4, -0.2) is 44.6 Å². The Hall–Kier alpha value is -4.08. The second kappa shape index (κ2) is 7.88. The minimum absolute atomic E-state index is 0.193. The summed E-state index contributed by atoms with van der Waals surface area (Å²) in [5, 5.41) is 16.9. The molecule has 0 bridgehead atoms. The van der Waals surface area contributed by atoms with E-state index in [0.717, 1.165) is 22.3 Å². The van der Waals surface area contributed by atoms with Crippen LogP contribution >= 0.6 is 0 Å². The number of anilines is 1. The lowest BCUT2D eigenvalue weighted by Crippen LogP contribution is -2.07. The lowest BCUT2D eigenvalue weighted by atomic mass is 10.0. The fraction of sp³-hybridized carbons (Fsp3) is 0.227. The molecule has 0 radical (unpaired) electrons. The standard InChI is InChI=1S/C22H19FN6O3/c1-29-19(7-18(28-29)22(30)31-2)15-9-25-21(16-11-27-26-10-13(15)16)24-8-14-12-5-6-32-20(12)4-3-17(14)23/h3-4,7,9-11H,5-6,8H2,1-2H3,(H,24,25). The number of nitrogens with zero attached hydrogens (tertiary/aromatic N) is 5. The second-order valence-corrected chi connectivity index (χ2v) is 7.32. The number of benzene rings is 1. The number of rotatable bonds is 5. The van der Waals surface area contributed by atoms with Crippen molar-refractivity contribution in [3.63, 3.8) is 0 Å². The molecule has 1 aromatic carbocycles. The molecule has 0 amide bonds. The average molecular weight is 434 g/mol. The summed E-state index contributed by atoms with van der Waals surface area (Å²) >= 11 is 0. The SMILES string of the molecule is COC(=O)c1cc(-c2cnc(NCc3c(F)ccc4c3CCO4)c3cnncc23)n(C)n1. The Morgan fingerprint density at radius 3 is 2.88 bits per heavy atom. The number of carbonyl (C=O) groups is 1. The maximum atomic E-state index is 14.5. The van der Waals surface area contributed by atoms with Gasteiger partial charge >= 0.3 is 5.97 Å². The zero-order chi connectivity index (χ0) is 22.2. The first-order chi connectivity index (χ1) is 15.6. The van der Waals surface area contributed by atoms with Gasteiger partial charge in [0.2, 0.25) is 0 Å². The topological polar surface area (TPSA) is 104 Å². The number of ether oxygens (including phenoxy) is 2. The van der Waals surface area contributed by atoms with E-state index in [1.165, 1.54) is 13.2 Å². The largest absolute Gasteiger partial charge is 0.493 e. The molecular formula is C22H19FN6O3. The highest BCUT2D eigenvalue weighted by Gasteiger charge is 2.21. The van der Waals surface area contributed by atoms with Gasteiger partial charge in [0.25, 0.3) is 0 Å². The quantitative estimate of drug-likeness (QED) is 0.478. The van der Waals surface area contributed by atoms with Gasteiger partial charge < -0.3 is 14.8 Å². The van der Waals surface area contributed by atoms with Crippen LogP contribution < -0.4 is 10.1 Å². The van der Waals surface area contributed by atoms with Crippen molar-refractivity contribution in [3.8, 4) is 17.0 Å². The van der Waals surface area contributed by atoms with Gasteiger partial charge in [-0.1, -0.05) is 0 Å². The first kappa shape index (κ1) is 19.9. The van der Waals surface area contributed by atoms with Crippen molar-refractivity contribution < 1.29 is 18.7 Å². The lowest BCUT2D eigenvalue weighted by Gasteiger charge is -2.13. The number of aromatic nitrogens is 5. The lowest BCUT2D eigenvalue weighted by molar-refractivity contribution is 0.0593. The summed E-state index contributed by atoms with van der Waals surface area (Å²) in [6.45, 7) is 0.801. The minimum Gasteiger partial charge on any atom is -0.493 e. The summed E-state index contributed by atoms with van der Waals surface area (Å²) in [5.74, 6) is 0.459. The highest BCUT2D eigenvalue weighted by molar-refractivity contribution is 6.01. The van der Waals surface area contributed by atoms with Crippen LogP contribution in [0.4, 0.5) is 10.2 Å². The molecule has 162 valence electrons. The Morgan fingerprint density at radius 1 is 1.25 bits per heavy atom. The van der Waals surface area contributed by atoms with E-state index in [4.69, 9.17) is 9.47 Å². The van der Waals surface area contributed by atoms with Gasteiger partial charge in [-0.2, -0.15) is 15.3 Å². The predicted molar refractivity (Wildman–Crippen MR) is 114 cm³/mol. The van der Waals surface area contributed by atoms with Crippen LogP contribution in [0.3, 0.4) is 0 Å². The van der Waals surface area contributed by atoms with E-state index in [0.29, 0.717) is 35.5 Å². The fourth-order valence-corrected chi connectivity index (χ4v) is 3.94. The maximum Gasteiger partial charge on any atom is 0.358 e. The highest BCUT2D eigenvalue weighted by atomic mass is 19.1. The number of fused-ring (bicyclic) bond motifs is 2. The van der Waals surface area contributed by atoms with Crippen LogP contribution in [0.15, 0.2) is 36.8 Å². The van der Waals surface area contributed by atoms with Crippen LogP contribution in [-0.2, 0) is 24.8 Å². The van der Waals surface area contributed by atoms with Gasteiger partial charge in [0, 0.05) is 53.7 Å². The van der Waals surface area contributed by atoms with Crippen LogP contribution in [0.25, 0.3) is 22.0 Å². The Kier molecular flexibility index (Phi) is 4.89. The number of carbonyl (C=O) groups excluding carboxylic acids is 1. The maximum absolute atomic E-state index is 14.5. The number of pyridine rings is 1. The molecule has 4 heterocycles. The number of hydrogen-bond donors (Lipinski definition) is 1. The number of halogens is 1. The Balaban J connectivity index is 1.52. The molecule has 0 saturated carbocycles. The van der Waals surface area contributed by atoms with E-state index in [-0.39, 0.29) is 18.1 Å². The molecule has 1 N–H and O–H groups in total. The number of aryl methyl sites for hydroxylation is 1. The van der Waals surface area contributed by atoms with Crippen molar-refractivity contribution in [2.45, 2.75) is 13.0 Å².